The maximum absolute atomic E-state index is 11.6. The van der Waals surface area contributed by atoms with E-state index in [-0.39, 0.29) is 6.61 Å². The zero-order valence-electron chi connectivity index (χ0n) is 11.0. The van der Waals surface area contributed by atoms with Crippen LogP contribution in [0.5, 0.6) is 5.75 Å². The SMILES string of the molecule is CCOC(=O)C(O)c1cc(OC)c(C)cc1SC. The molecule has 0 spiro atoms. The molecule has 0 radical (unpaired) electrons. The molecule has 0 aliphatic rings. The first kappa shape index (κ1) is 14.9. The van der Waals surface area contributed by atoms with Gasteiger partial charge in [0.1, 0.15) is 5.75 Å². The van der Waals surface area contributed by atoms with Crippen molar-refractivity contribution in [1.82, 2.24) is 0 Å². The number of esters is 1. The highest BCUT2D eigenvalue weighted by Crippen LogP contribution is 2.33. The zero-order valence-corrected chi connectivity index (χ0v) is 11.8. The fourth-order valence-electron chi connectivity index (χ4n) is 1.64. The van der Waals surface area contributed by atoms with Crippen LogP contribution in [0.4, 0.5) is 0 Å². The van der Waals surface area contributed by atoms with Crippen molar-refractivity contribution in [1.29, 1.82) is 0 Å². The lowest BCUT2D eigenvalue weighted by atomic mass is 10.1. The van der Waals surface area contributed by atoms with Gasteiger partial charge < -0.3 is 14.6 Å². The zero-order chi connectivity index (χ0) is 13.7. The Kier molecular flexibility index (Phi) is 5.50. The summed E-state index contributed by atoms with van der Waals surface area (Å²) in [6.07, 6.45) is 0.615. The second-order valence-corrected chi connectivity index (χ2v) is 4.57. The first-order chi connectivity index (χ1) is 8.54. The number of rotatable bonds is 5. The summed E-state index contributed by atoms with van der Waals surface area (Å²) < 4.78 is 10.0. The van der Waals surface area contributed by atoms with Gasteiger partial charge in [0.2, 0.25) is 0 Å². The van der Waals surface area contributed by atoms with Gasteiger partial charge in [-0.1, -0.05) is 0 Å². The summed E-state index contributed by atoms with van der Waals surface area (Å²) in [7, 11) is 1.56. The van der Waals surface area contributed by atoms with E-state index in [0.717, 1.165) is 10.5 Å². The molecule has 0 saturated carbocycles. The van der Waals surface area contributed by atoms with E-state index in [1.807, 2.05) is 19.2 Å². The molecule has 1 N–H and O–H groups in total. The molecule has 100 valence electrons. The van der Waals surface area contributed by atoms with Gasteiger partial charge in [0.25, 0.3) is 0 Å². The van der Waals surface area contributed by atoms with Gasteiger partial charge in [-0.15, -0.1) is 11.8 Å². The van der Waals surface area contributed by atoms with Crippen molar-refractivity contribution < 1.29 is 19.4 Å². The van der Waals surface area contributed by atoms with Crippen LogP contribution in [0.3, 0.4) is 0 Å². The van der Waals surface area contributed by atoms with E-state index in [9.17, 15) is 9.90 Å². The first-order valence-electron chi connectivity index (χ1n) is 5.62. The van der Waals surface area contributed by atoms with Crippen LogP contribution in [0.2, 0.25) is 0 Å². The normalized spacial score (nSPS) is 12.1. The number of thioether (sulfide) groups is 1. The Morgan fingerprint density at radius 1 is 1.50 bits per heavy atom. The third-order valence-electron chi connectivity index (χ3n) is 2.55. The molecular weight excluding hydrogens is 252 g/mol. The minimum Gasteiger partial charge on any atom is -0.496 e. The van der Waals surface area contributed by atoms with Crippen molar-refractivity contribution in [3.8, 4) is 5.75 Å². The first-order valence-corrected chi connectivity index (χ1v) is 6.84. The molecule has 18 heavy (non-hydrogen) atoms. The number of hydrogen-bond donors (Lipinski definition) is 1. The van der Waals surface area contributed by atoms with Gasteiger partial charge in [-0.25, -0.2) is 4.79 Å². The second-order valence-electron chi connectivity index (χ2n) is 3.72. The van der Waals surface area contributed by atoms with Crippen molar-refractivity contribution in [2.24, 2.45) is 0 Å². The molecule has 5 heteroatoms. The fourth-order valence-corrected chi connectivity index (χ4v) is 2.34. The predicted octanol–water partition coefficient (Wildman–Crippen LogP) is 2.32. The highest BCUT2D eigenvalue weighted by atomic mass is 32.2. The monoisotopic (exact) mass is 270 g/mol. The molecule has 0 amide bonds. The maximum Gasteiger partial charge on any atom is 0.339 e. The van der Waals surface area contributed by atoms with Crippen LogP contribution in [0.25, 0.3) is 0 Å². The molecule has 4 nitrogen and oxygen atoms in total. The quantitative estimate of drug-likeness (QED) is 0.657. The summed E-state index contributed by atoms with van der Waals surface area (Å²) in [5, 5.41) is 10.00. The minimum absolute atomic E-state index is 0.244. The van der Waals surface area contributed by atoms with Crippen LogP contribution in [-0.4, -0.2) is 31.0 Å². The summed E-state index contributed by atoms with van der Waals surface area (Å²) in [6, 6.07) is 3.57. The number of carbonyl (C=O) groups excluding carboxylic acids is 1. The van der Waals surface area contributed by atoms with Crippen LogP contribution in [-0.2, 0) is 9.53 Å². The van der Waals surface area contributed by atoms with Gasteiger partial charge in [-0.2, -0.15) is 0 Å². The average Bonchev–Trinajstić information content (AvgIpc) is 2.37. The lowest BCUT2D eigenvalue weighted by molar-refractivity contribution is -0.153. The Labute approximate surface area is 111 Å². The van der Waals surface area contributed by atoms with E-state index in [4.69, 9.17) is 9.47 Å². The Balaban J connectivity index is 3.16. The highest BCUT2D eigenvalue weighted by molar-refractivity contribution is 7.98. The Hall–Kier alpha value is -1.20. The van der Waals surface area contributed by atoms with Crippen LogP contribution in [0.15, 0.2) is 17.0 Å². The van der Waals surface area contributed by atoms with Gasteiger partial charge in [0.05, 0.1) is 13.7 Å². The molecule has 0 aromatic heterocycles. The molecule has 0 fully saturated rings. The summed E-state index contributed by atoms with van der Waals surface area (Å²) in [5.41, 5.74) is 1.48. The lowest BCUT2D eigenvalue weighted by Crippen LogP contribution is -2.16. The standard InChI is InChI=1S/C13H18O4S/c1-5-17-13(15)12(14)9-7-10(16-3)8(2)6-11(9)18-4/h6-7,12,14H,5H2,1-4H3. The number of hydrogen-bond acceptors (Lipinski definition) is 5. The molecule has 0 saturated heterocycles. The Bertz CT molecular complexity index is 431. The topological polar surface area (TPSA) is 55.8 Å². The van der Waals surface area contributed by atoms with Crippen LogP contribution in [0.1, 0.15) is 24.2 Å². The summed E-state index contributed by atoms with van der Waals surface area (Å²) >= 11 is 1.47. The predicted molar refractivity (Wildman–Crippen MR) is 71.1 cm³/mol. The summed E-state index contributed by atoms with van der Waals surface area (Å²) in [5.74, 6) is 0.00449. The van der Waals surface area contributed by atoms with E-state index in [0.29, 0.717) is 11.3 Å². The van der Waals surface area contributed by atoms with Crippen molar-refractivity contribution in [2.45, 2.75) is 24.8 Å². The number of aliphatic hydroxyl groups excluding tert-OH is 1. The fraction of sp³-hybridized carbons (Fsp3) is 0.462. The largest absolute Gasteiger partial charge is 0.496 e. The molecule has 0 bridgehead atoms. The molecule has 1 aromatic carbocycles. The Morgan fingerprint density at radius 3 is 2.67 bits per heavy atom. The van der Waals surface area contributed by atoms with Crippen molar-refractivity contribution in [3.63, 3.8) is 0 Å². The number of methoxy groups -OCH3 is 1. The van der Waals surface area contributed by atoms with E-state index in [1.165, 1.54) is 11.8 Å². The van der Waals surface area contributed by atoms with E-state index in [1.54, 1.807) is 20.1 Å². The third kappa shape index (κ3) is 3.17. The number of benzene rings is 1. The average molecular weight is 270 g/mol. The maximum atomic E-state index is 11.6. The van der Waals surface area contributed by atoms with E-state index >= 15 is 0 Å². The molecule has 1 aromatic rings. The van der Waals surface area contributed by atoms with Gasteiger partial charge in [0, 0.05) is 10.5 Å². The van der Waals surface area contributed by atoms with Gasteiger partial charge >= 0.3 is 5.97 Å². The van der Waals surface area contributed by atoms with Gasteiger partial charge in [0.15, 0.2) is 6.10 Å². The van der Waals surface area contributed by atoms with E-state index < -0.39 is 12.1 Å². The minimum atomic E-state index is -1.28. The number of aryl methyl sites for hydroxylation is 1. The van der Waals surface area contributed by atoms with Gasteiger partial charge in [-0.3, -0.25) is 0 Å². The molecule has 0 aliphatic heterocycles. The molecule has 1 atom stereocenters. The van der Waals surface area contributed by atoms with Crippen molar-refractivity contribution >= 4 is 17.7 Å². The number of aliphatic hydroxyl groups is 1. The number of ether oxygens (including phenoxy) is 2. The van der Waals surface area contributed by atoms with Gasteiger partial charge in [-0.05, 0) is 37.8 Å². The van der Waals surface area contributed by atoms with Crippen LogP contribution < -0.4 is 4.74 Å². The molecule has 0 aliphatic carbocycles. The van der Waals surface area contributed by atoms with Crippen LogP contribution >= 0.6 is 11.8 Å². The number of carbonyl (C=O) groups is 1. The Morgan fingerprint density at radius 2 is 2.17 bits per heavy atom. The van der Waals surface area contributed by atoms with Crippen molar-refractivity contribution in [3.05, 3.63) is 23.3 Å². The van der Waals surface area contributed by atoms with E-state index in [2.05, 4.69) is 0 Å². The summed E-state index contributed by atoms with van der Waals surface area (Å²) in [4.78, 5) is 12.4. The van der Waals surface area contributed by atoms with Crippen LogP contribution in [0, 0.1) is 6.92 Å². The molecule has 0 heterocycles. The molecule has 1 unspecified atom stereocenters. The second kappa shape index (κ2) is 6.66. The molecular formula is C13H18O4S. The van der Waals surface area contributed by atoms with Crippen molar-refractivity contribution in [2.75, 3.05) is 20.0 Å². The third-order valence-corrected chi connectivity index (χ3v) is 3.35. The summed E-state index contributed by atoms with van der Waals surface area (Å²) in [6.45, 7) is 3.86. The highest BCUT2D eigenvalue weighted by Gasteiger charge is 2.23. The smallest absolute Gasteiger partial charge is 0.339 e. The molecule has 1 rings (SSSR count). The lowest BCUT2D eigenvalue weighted by Gasteiger charge is -2.16.